The number of carbonyl (C=O) groups excluding carboxylic acids is 2. The Morgan fingerprint density at radius 3 is 2.88 bits per heavy atom. The summed E-state index contributed by atoms with van der Waals surface area (Å²) < 4.78 is 9.99. The van der Waals surface area contributed by atoms with Gasteiger partial charge in [0.2, 0.25) is 0 Å². The molecule has 0 aliphatic carbocycles. The van der Waals surface area contributed by atoms with Gasteiger partial charge in [-0.1, -0.05) is 0 Å². The topological polar surface area (TPSA) is 81.9 Å². The van der Waals surface area contributed by atoms with Gasteiger partial charge in [-0.3, -0.25) is 4.79 Å². The molecule has 16 heavy (non-hydrogen) atoms. The number of esters is 1. The van der Waals surface area contributed by atoms with Crippen LogP contribution < -0.4 is 5.73 Å². The van der Waals surface area contributed by atoms with Gasteiger partial charge >= 0.3 is 5.97 Å². The van der Waals surface area contributed by atoms with Crippen molar-refractivity contribution in [1.82, 2.24) is 4.90 Å². The number of rotatable bonds is 3. The first kappa shape index (κ1) is 12.9. The van der Waals surface area contributed by atoms with Crippen LogP contribution in [-0.2, 0) is 19.1 Å². The van der Waals surface area contributed by atoms with Crippen molar-refractivity contribution in [2.75, 3.05) is 26.3 Å². The van der Waals surface area contributed by atoms with E-state index in [-0.39, 0.29) is 12.7 Å². The van der Waals surface area contributed by atoms with Crippen LogP contribution in [0, 0.1) is 0 Å². The minimum absolute atomic E-state index is 0.0212. The summed E-state index contributed by atoms with van der Waals surface area (Å²) in [5.41, 5.74) is 5.52. The lowest BCUT2D eigenvalue weighted by atomic mass is 10.2. The van der Waals surface area contributed by atoms with Crippen LogP contribution in [0.15, 0.2) is 0 Å². The highest BCUT2D eigenvalue weighted by Gasteiger charge is 2.30. The summed E-state index contributed by atoms with van der Waals surface area (Å²) in [5.74, 6) is -1.07. The molecule has 1 heterocycles. The van der Waals surface area contributed by atoms with Crippen molar-refractivity contribution in [3.63, 3.8) is 0 Å². The molecule has 2 unspecified atom stereocenters. The van der Waals surface area contributed by atoms with Gasteiger partial charge in [-0.05, 0) is 13.8 Å². The second kappa shape index (κ2) is 5.81. The lowest BCUT2D eigenvalue weighted by Crippen LogP contribution is -2.53. The summed E-state index contributed by atoms with van der Waals surface area (Å²) in [5, 5.41) is 0. The Balaban J connectivity index is 2.52. The van der Waals surface area contributed by atoms with E-state index in [0.717, 1.165) is 0 Å². The zero-order valence-corrected chi connectivity index (χ0v) is 9.64. The summed E-state index contributed by atoms with van der Waals surface area (Å²) in [6.45, 7) is 5.17. The largest absolute Gasteiger partial charge is 0.464 e. The molecular formula is C10H18N2O4. The van der Waals surface area contributed by atoms with E-state index in [1.165, 1.54) is 4.90 Å². The van der Waals surface area contributed by atoms with E-state index < -0.39 is 17.9 Å². The Morgan fingerprint density at radius 1 is 1.62 bits per heavy atom. The van der Waals surface area contributed by atoms with E-state index in [1.54, 1.807) is 6.92 Å². The van der Waals surface area contributed by atoms with Crippen molar-refractivity contribution < 1.29 is 19.1 Å². The molecule has 92 valence electrons. The van der Waals surface area contributed by atoms with Crippen LogP contribution in [0.25, 0.3) is 0 Å². The van der Waals surface area contributed by atoms with Crippen molar-refractivity contribution in [3.8, 4) is 0 Å². The second-order valence-electron chi connectivity index (χ2n) is 3.70. The molecule has 0 aromatic carbocycles. The van der Waals surface area contributed by atoms with E-state index in [2.05, 4.69) is 0 Å². The van der Waals surface area contributed by atoms with Crippen LogP contribution in [-0.4, -0.2) is 55.2 Å². The fourth-order valence-corrected chi connectivity index (χ4v) is 1.55. The number of nitrogens with two attached hydrogens (primary N) is 1. The van der Waals surface area contributed by atoms with Gasteiger partial charge in [-0.25, -0.2) is 4.79 Å². The van der Waals surface area contributed by atoms with Gasteiger partial charge in [0, 0.05) is 13.1 Å². The molecule has 6 heteroatoms. The highest BCUT2D eigenvalue weighted by atomic mass is 16.5. The smallest absolute Gasteiger partial charge is 0.332 e. The molecule has 0 aromatic heterocycles. The Labute approximate surface area is 94.7 Å². The molecule has 1 rings (SSSR count). The van der Waals surface area contributed by atoms with Crippen molar-refractivity contribution in [2.24, 2.45) is 5.73 Å². The van der Waals surface area contributed by atoms with Gasteiger partial charge < -0.3 is 20.1 Å². The van der Waals surface area contributed by atoms with Crippen LogP contribution in [0.3, 0.4) is 0 Å². The lowest BCUT2D eigenvalue weighted by molar-refractivity contribution is -0.153. The Bertz CT molecular complexity index is 270. The van der Waals surface area contributed by atoms with E-state index >= 15 is 0 Å². The quantitative estimate of drug-likeness (QED) is 0.503. The highest BCUT2D eigenvalue weighted by molar-refractivity contribution is 6.01. The molecule has 1 amide bonds. The molecule has 1 fully saturated rings. The molecule has 0 aromatic rings. The number of hydrogen-bond donors (Lipinski definition) is 1. The molecule has 0 spiro atoms. The molecule has 0 bridgehead atoms. The first-order valence-electron chi connectivity index (χ1n) is 5.38. The van der Waals surface area contributed by atoms with E-state index in [4.69, 9.17) is 15.2 Å². The number of hydrogen-bond acceptors (Lipinski definition) is 5. The summed E-state index contributed by atoms with van der Waals surface area (Å²) in [7, 11) is 0. The van der Waals surface area contributed by atoms with Crippen molar-refractivity contribution in [2.45, 2.75) is 26.0 Å². The molecule has 1 aliphatic rings. The predicted octanol–water partition coefficient (Wildman–Crippen LogP) is -0.876. The van der Waals surface area contributed by atoms with E-state index in [1.807, 2.05) is 6.92 Å². The van der Waals surface area contributed by atoms with Crippen LogP contribution in [0.2, 0.25) is 0 Å². The summed E-state index contributed by atoms with van der Waals surface area (Å²) >= 11 is 0. The van der Waals surface area contributed by atoms with Crippen LogP contribution in [0.4, 0.5) is 0 Å². The summed E-state index contributed by atoms with van der Waals surface area (Å²) in [4.78, 5) is 24.6. The number of carbonyl (C=O) groups is 2. The zero-order valence-electron chi connectivity index (χ0n) is 9.64. The number of nitrogens with zero attached hydrogens (tertiary/aromatic N) is 1. The second-order valence-corrected chi connectivity index (χ2v) is 3.70. The molecule has 2 atom stereocenters. The molecule has 1 saturated heterocycles. The SMILES string of the molecule is CCOC(=O)C(N)C(=O)N1CCOC(C)C1. The molecule has 0 saturated carbocycles. The van der Waals surface area contributed by atoms with Crippen molar-refractivity contribution >= 4 is 11.9 Å². The third-order valence-electron chi connectivity index (χ3n) is 2.36. The Kier molecular flexibility index (Phi) is 4.70. The fourth-order valence-electron chi connectivity index (χ4n) is 1.55. The van der Waals surface area contributed by atoms with Gasteiger partial charge in [-0.2, -0.15) is 0 Å². The maximum Gasteiger partial charge on any atom is 0.332 e. The van der Waals surface area contributed by atoms with Gasteiger partial charge in [0.25, 0.3) is 5.91 Å². The highest BCUT2D eigenvalue weighted by Crippen LogP contribution is 2.06. The molecular weight excluding hydrogens is 212 g/mol. The Morgan fingerprint density at radius 2 is 2.31 bits per heavy atom. The van der Waals surface area contributed by atoms with Crippen LogP contribution in [0.5, 0.6) is 0 Å². The maximum atomic E-state index is 11.8. The number of ether oxygens (including phenoxy) is 2. The average Bonchev–Trinajstić information content (AvgIpc) is 2.27. The van der Waals surface area contributed by atoms with Gasteiger partial charge in [0.1, 0.15) is 0 Å². The van der Waals surface area contributed by atoms with Gasteiger partial charge in [0.15, 0.2) is 6.04 Å². The first-order chi connectivity index (χ1) is 7.56. The zero-order chi connectivity index (χ0) is 12.1. The average molecular weight is 230 g/mol. The number of morpholine rings is 1. The molecule has 2 N–H and O–H groups in total. The lowest BCUT2D eigenvalue weighted by Gasteiger charge is -2.32. The van der Waals surface area contributed by atoms with Crippen LogP contribution >= 0.6 is 0 Å². The van der Waals surface area contributed by atoms with Gasteiger partial charge in [0.05, 0.1) is 19.3 Å². The summed E-state index contributed by atoms with van der Waals surface area (Å²) in [6.07, 6.45) is -0.0212. The monoisotopic (exact) mass is 230 g/mol. The third kappa shape index (κ3) is 3.18. The molecule has 1 aliphatic heterocycles. The third-order valence-corrected chi connectivity index (χ3v) is 2.36. The summed E-state index contributed by atoms with van der Waals surface area (Å²) in [6, 6.07) is -1.22. The van der Waals surface area contributed by atoms with Crippen molar-refractivity contribution in [1.29, 1.82) is 0 Å². The Hall–Kier alpha value is -1.14. The fraction of sp³-hybridized carbons (Fsp3) is 0.800. The van der Waals surface area contributed by atoms with E-state index in [0.29, 0.717) is 19.7 Å². The standard InChI is InChI=1S/C10H18N2O4/c1-3-15-10(14)8(11)9(13)12-4-5-16-7(2)6-12/h7-8H,3-6,11H2,1-2H3. The predicted molar refractivity (Wildman–Crippen MR) is 56.6 cm³/mol. The molecule has 0 radical (unpaired) electrons. The van der Waals surface area contributed by atoms with Gasteiger partial charge in [-0.15, -0.1) is 0 Å². The maximum absolute atomic E-state index is 11.8. The molecule has 6 nitrogen and oxygen atoms in total. The first-order valence-corrected chi connectivity index (χ1v) is 5.38. The van der Waals surface area contributed by atoms with Crippen LogP contribution in [0.1, 0.15) is 13.8 Å². The number of amides is 1. The minimum atomic E-state index is -1.22. The van der Waals surface area contributed by atoms with Crippen molar-refractivity contribution in [3.05, 3.63) is 0 Å². The minimum Gasteiger partial charge on any atom is -0.464 e. The van der Waals surface area contributed by atoms with E-state index in [9.17, 15) is 9.59 Å². The normalized spacial score (nSPS) is 22.7.